The number of nitrogens with one attached hydrogen (secondary N) is 1. The second kappa shape index (κ2) is 7.03. The Hall–Kier alpha value is -1.72. The van der Waals surface area contributed by atoms with E-state index in [1.54, 1.807) is 11.8 Å². The Balaban J connectivity index is 1.57. The third kappa shape index (κ3) is 3.23. The number of nitrogens with zero attached hydrogens (tertiary/aromatic N) is 1. The maximum absolute atomic E-state index is 14.3. The molecule has 1 saturated heterocycles. The van der Waals surface area contributed by atoms with E-state index in [2.05, 4.69) is 40.5 Å². The molecule has 24 heavy (non-hydrogen) atoms. The standard InChI is InChI=1S/C19H21FN2OS/c20-16-13-21-9-8-17(16)22-10-11-23-19-12-15(6-7-18(19)22)24-14-4-2-1-3-5-14/h1-7,12,16-17,21H,8-11,13H2. The van der Waals surface area contributed by atoms with Crippen LogP contribution in [0.1, 0.15) is 6.42 Å². The van der Waals surface area contributed by atoms with E-state index in [0.29, 0.717) is 13.2 Å². The normalized spacial score (nSPS) is 23.5. The topological polar surface area (TPSA) is 24.5 Å². The highest BCUT2D eigenvalue weighted by Gasteiger charge is 2.33. The van der Waals surface area contributed by atoms with E-state index in [1.165, 1.54) is 4.90 Å². The van der Waals surface area contributed by atoms with Crippen LogP contribution in [0.25, 0.3) is 0 Å². The number of hydrogen-bond acceptors (Lipinski definition) is 4. The van der Waals surface area contributed by atoms with Crippen LogP contribution in [0.2, 0.25) is 0 Å². The fourth-order valence-electron chi connectivity index (χ4n) is 3.41. The van der Waals surface area contributed by atoms with Gasteiger partial charge in [0.05, 0.1) is 18.3 Å². The van der Waals surface area contributed by atoms with Crippen molar-refractivity contribution in [1.29, 1.82) is 0 Å². The minimum Gasteiger partial charge on any atom is -0.490 e. The summed E-state index contributed by atoms with van der Waals surface area (Å²) in [5.74, 6) is 0.868. The van der Waals surface area contributed by atoms with Crippen molar-refractivity contribution in [2.24, 2.45) is 0 Å². The zero-order valence-electron chi connectivity index (χ0n) is 13.5. The second-order valence-electron chi connectivity index (χ2n) is 6.16. The maximum Gasteiger partial charge on any atom is 0.143 e. The number of halogens is 1. The maximum atomic E-state index is 14.3. The Kier molecular flexibility index (Phi) is 4.63. The first-order valence-corrected chi connectivity index (χ1v) is 9.24. The monoisotopic (exact) mass is 344 g/mol. The van der Waals surface area contributed by atoms with Gasteiger partial charge in [0.15, 0.2) is 0 Å². The van der Waals surface area contributed by atoms with Gasteiger partial charge in [-0.05, 0) is 43.3 Å². The zero-order valence-corrected chi connectivity index (χ0v) is 14.3. The van der Waals surface area contributed by atoms with Crippen molar-refractivity contribution in [3.63, 3.8) is 0 Å². The van der Waals surface area contributed by atoms with Crippen LogP contribution in [0.5, 0.6) is 5.75 Å². The average Bonchev–Trinajstić information content (AvgIpc) is 2.62. The van der Waals surface area contributed by atoms with E-state index in [9.17, 15) is 4.39 Å². The lowest BCUT2D eigenvalue weighted by Crippen LogP contribution is -2.53. The Morgan fingerprint density at radius 2 is 2.00 bits per heavy atom. The highest BCUT2D eigenvalue weighted by molar-refractivity contribution is 7.99. The molecule has 2 aromatic rings. The molecular weight excluding hydrogens is 323 g/mol. The van der Waals surface area contributed by atoms with Crippen LogP contribution < -0.4 is 15.0 Å². The molecule has 2 aliphatic rings. The summed E-state index contributed by atoms with van der Waals surface area (Å²) in [5.41, 5.74) is 1.02. The fourth-order valence-corrected chi connectivity index (χ4v) is 4.28. The van der Waals surface area contributed by atoms with Crippen molar-refractivity contribution in [1.82, 2.24) is 5.32 Å². The minimum absolute atomic E-state index is 0.0541. The van der Waals surface area contributed by atoms with Crippen LogP contribution in [-0.4, -0.2) is 38.5 Å². The number of hydrogen-bond donors (Lipinski definition) is 1. The minimum atomic E-state index is -0.830. The summed E-state index contributed by atoms with van der Waals surface area (Å²) < 4.78 is 20.2. The summed E-state index contributed by atoms with van der Waals surface area (Å²) in [4.78, 5) is 4.54. The van der Waals surface area contributed by atoms with Gasteiger partial charge in [0.1, 0.15) is 18.5 Å². The molecule has 2 aliphatic heterocycles. The number of fused-ring (bicyclic) bond motifs is 1. The first-order chi connectivity index (χ1) is 11.8. The van der Waals surface area contributed by atoms with Gasteiger partial charge in [0.25, 0.3) is 0 Å². The molecule has 2 heterocycles. The van der Waals surface area contributed by atoms with Crippen molar-refractivity contribution in [3.05, 3.63) is 48.5 Å². The summed E-state index contributed by atoms with van der Waals surface area (Å²) in [5, 5.41) is 3.13. The van der Waals surface area contributed by atoms with Crippen molar-refractivity contribution < 1.29 is 9.13 Å². The molecule has 0 radical (unpaired) electrons. The molecule has 0 amide bonds. The van der Waals surface area contributed by atoms with E-state index in [4.69, 9.17) is 4.74 Å². The quantitative estimate of drug-likeness (QED) is 0.917. The van der Waals surface area contributed by atoms with Gasteiger partial charge in [0.2, 0.25) is 0 Å². The zero-order chi connectivity index (χ0) is 16.4. The van der Waals surface area contributed by atoms with Crippen LogP contribution in [0.3, 0.4) is 0 Å². The van der Waals surface area contributed by atoms with Gasteiger partial charge in [-0.15, -0.1) is 0 Å². The summed E-state index contributed by atoms with van der Waals surface area (Å²) >= 11 is 1.72. The van der Waals surface area contributed by atoms with Gasteiger partial charge in [0, 0.05) is 16.3 Å². The molecule has 126 valence electrons. The third-order valence-electron chi connectivity index (χ3n) is 4.58. The van der Waals surface area contributed by atoms with Gasteiger partial charge in [-0.25, -0.2) is 4.39 Å². The van der Waals surface area contributed by atoms with Crippen LogP contribution in [0.15, 0.2) is 58.3 Å². The van der Waals surface area contributed by atoms with E-state index in [-0.39, 0.29) is 6.04 Å². The molecule has 0 bridgehead atoms. The number of benzene rings is 2. The molecule has 2 atom stereocenters. The first kappa shape index (κ1) is 15.8. The van der Waals surface area contributed by atoms with Crippen LogP contribution >= 0.6 is 11.8 Å². The van der Waals surface area contributed by atoms with Gasteiger partial charge in [-0.2, -0.15) is 0 Å². The van der Waals surface area contributed by atoms with Crippen molar-refractivity contribution in [2.75, 3.05) is 31.1 Å². The predicted octanol–water partition coefficient (Wildman–Crippen LogP) is 3.74. The first-order valence-electron chi connectivity index (χ1n) is 8.42. The van der Waals surface area contributed by atoms with Crippen LogP contribution in [0, 0.1) is 0 Å². The molecule has 0 aromatic heterocycles. The predicted molar refractivity (Wildman–Crippen MR) is 96.0 cm³/mol. The van der Waals surface area contributed by atoms with Gasteiger partial charge < -0.3 is 15.0 Å². The molecule has 3 nitrogen and oxygen atoms in total. The molecule has 0 aliphatic carbocycles. The lowest BCUT2D eigenvalue weighted by molar-refractivity contribution is 0.208. The molecule has 1 fully saturated rings. The third-order valence-corrected chi connectivity index (χ3v) is 5.58. The lowest BCUT2D eigenvalue weighted by atomic mass is 10.0. The summed E-state index contributed by atoms with van der Waals surface area (Å²) in [6.07, 6.45) is 0.00396. The second-order valence-corrected chi connectivity index (χ2v) is 7.31. The Bertz CT molecular complexity index is 697. The Morgan fingerprint density at radius 3 is 2.83 bits per heavy atom. The van der Waals surface area contributed by atoms with E-state index in [1.807, 2.05) is 18.2 Å². The van der Waals surface area contributed by atoms with Gasteiger partial charge in [-0.3, -0.25) is 0 Å². The average molecular weight is 344 g/mol. The van der Waals surface area contributed by atoms with E-state index in [0.717, 1.165) is 35.8 Å². The van der Waals surface area contributed by atoms with Gasteiger partial charge in [-0.1, -0.05) is 30.0 Å². The number of ether oxygens (including phenoxy) is 1. The van der Waals surface area contributed by atoms with Gasteiger partial charge >= 0.3 is 0 Å². The SMILES string of the molecule is FC1CNCCC1N1CCOc2cc(Sc3ccccc3)ccc21. The Labute approximate surface area is 146 Å². The molecule has 2 unspecified atom stereocenters. The molecular formula is C19H21FN2OS. The summed E-state index contributed by atoms with van der Waals surface area (Å²) in [6, 6.07) is 16.5. The lowest BCUT2D eigenvalue weighted by Gasteiger charge is -2.41. The molecule has 2 aromatic carbocycles. The Morgan fingerprint density at radius 1 is 1.12 bits per heavy atom. The summed E-state index contributed by atoms with van der Waals surface area (Å²) in [7, 11) is 0. The van der Waals surface area contributed by atoms with Crippen LogP contribution in [-0.2, 0) is 0 Å². The highest BCUT2D eigenvalue weighted by Crippen LogP contribution is 2.39. The largest absolute Gasteiger partial charge is 0.490 e. The van der Waals surface area contributed by atoms with Crippen molar-refractivity contribution in [3.8, 4) is 5.75 Å². The highest BCUT2D eigenvalue weighted by atomic mass is 32.2. The molecule has 4 rings (SSSR count). The summed E-state index contributed by atoms with van der Waals surface area (Å²) in [6.45, 7) is 2.69. The molecule has 5 heteroatoms. The smallest absolute Gasteiger partial charge is 0.143 e. The molecule has 0 spiro atoms. The van der Waals surface area contributed by atoms with E-state index < -0.39 is 6.17 Å². The number of anilines is 1. The van der Waals surface area contributed by atoms with Crippen molar-refractivity contribution in [2.45, 2.75) is 28.4 Å². The number of piperidine rings is 1. The number of alkyl halides is 1. The van der Waals surface area contributed by atoms with E-state index >= 15 is 0 Å². The number of rotatable bonds is 3. The van der Waals surface area contributed by atoms with Crippen molar-refractivity contribution >= 4 is 17.4 Å². The van der Waals surface area contributed by atoms with Crippen LogP contribution in [0.4, 0.5) is 10.1 Å². The molecule has 1 N–H and O–H groups in total. The molecule has 0 saturated carbocycles. The fraction of sp³-hybridized carbons (Fsp3) is 0.368.